The number of hydrogen-bond donors (Lipinski definition) is 1. The van der Waals surface area contributed by atoms with E-state index in [0.29, 0.717) is 11.5 Å². The van der Waals surface area contributed by atoms with E-state index in [4.69, 9.17) is 5.73 Å². The summed E-state index contributed by atoms with van der Waals surface area (Å²) < 4.78 is 0. The highest BCUT2D eigenvalue weighted by Gasteiger charge is 1.93. The molecule has 56 valence electrons. The van der Waals surface area contributed by atoms with Gasteiger partial charge in [-0.1, -0.05) is 12.8 Å². The van der Waals surface area contributed by atoms with Crippen molar-refractivity contribution >= 4 is 5.82 Å². The van der Waals surface area contributed by atoms with Crippen molar-refractivity contribution in [3.8, 4) is 11.8 Å². The molecule has 1 aromatic heterocycles. The van der Waals surface area contributed by atoms with Crippen LogP contribution in [0, 0.1) is 11.8 Å². The van der Waals surface area contributed by atoms with E-state index < -0.39 is 0 Å². The molecule has 1 aromatic rings. The van der Waals surface area contributed by atoms with Crippen LogP contribution in [-0.4, -0.2) is 9.97 Å². The molecule has 0 aliphatic heterocycles. The SMILES string of the molecule is CCC#Cc1nccnc1N. The van der Waals surface area contributed by atoms with Crippen LogP contribution in [0.3, 0.4) is 0 Å². The summed E-state index contributed by atoms with van der Waals surface area (Å²) in [5.74, 6) is 6.08. The lowest BCUT2D eigenvalue weighted by atomic mass is 10.4. The highest BCUT2D eigenvalue weighted by molar-refractivity contribution is 5.44. The number of rotatable bonds is 0. The van der Waals surface area contributed by atoms with Crippen LogP contribution in [0.4, 0.5) is 5.82 Å². The Bertz CT molecular complexity index is 296. The summed E-state index contributed by atoms with van der Waals surface area (Å²) in [6, 6.07) is 0. The maximum Gasteiger partial charge on any atom is 0.158 e. The highest BCUT2D eigenvalue weighted by atomic mass is 14.9. The fraction of sp³-hybridized carbons (Fsp3) is 0.250. The van der Waals surface area contributed by atoms with Crippen LogP contribution in [0.15, 0.2) is 12.4 Å². The van der Waals surface area contributed by atoms with Crippen LogP contribution >= 0.6 is 0 Å². The largest absolute Gasteiger partial charge is 0.381 e. The first-order valence-electron chi connectivity index (χ1n) is 3.40. The first-order valence-corrected chi connectivity index (χ1v) is 3.40. The minimum atomic E-state index is 0.397. The molecule has 0 aliphatic rings. The van der Waals surface area contributed by atoms with Crippen LogP contribution in [0.2, 0.25) is 0 Å². The van der Waals surface area contributed by atoms with Crippen molar-refractivity contribution in [2.45, 2.75) is 13.3 Å². The Hall–Kier alpha value is -1.56. The van der Waals surface area contributed by atoms with E-state index in [-0.39, 0.29) is 0 Å². The lowest BCUT2D eigenvalue weighted by Gasteiger charge is -1.91. The zero-order valence-corrected chi connectivity index (χ0v) is 6.33. The van der Waals surface area contributed by atoms with E-state index in [2.05, 4.69) is 21.8 Å². The normalized spacial score (nSPS) is 8.45. The van der Waals surface area contributed by atoms with E-state index >= 15 is 0 Å². The number of anilines is 1. The lowest BCUT2D eigenvalue weighted by Crippen LogP contribution is -1.95. The standard InChI is InChI=1S/C8H9N3/c1-2-3-4-7-8(9)11-6-5-10-7/h5-6H,2H2,1H3,(H2,9,11). The van der Waals surface area contributed by atoms with Crippen molar-refractivity contribution in [2.75, 3.05) is 5.73 Å². The van der Waals surface area contributed by atoms with Crippen molar-refractivity contribution in [2.24, 2.45) is 0 Å². The molecule has 0 fully saturated rings. The maximum absolute atomic E-state index is 5.49. The maximum atomic E-state index is 5.49. The molecule has 0 aliphatic carbocycles. The molecule has 1 heterocycles. The van der Waals surface area contributed by atoms with Crippen molar-refractivity contribution < 1.29 is 0 Å². The van der Waals surface area contributed by atoms with Crippen LogP contribution in [0.5, 0.6) is 0 Å². The molecule has 0 spiro atoms. The van der Waals surface area contributed by atoms with Gasteiger partial charge in [0.1, 0.15) is 0 Å². The molecule has 3 heteroatoms. The van der Waals surface area contributed by atoms with Gasteiger partial charge in [-0.2, -0.15) is 0 Å². The summed E-state index contributed by atoms with van der Waals surface area (Å²) >= 11 is 0. The number of nitrogen functional groups attached to an aromatic ring is 1. The number of nitrogens with two attached hydrogens (primary N) is 1. The Morgan fingerprint density at radius 1 is 1.45 bits per heavy atom. The van der Waals surface area contributed by atoms with E-state index in [9.17, 15) is 0 Å². The van der Waals surface area contributed by atoms with Gasteiger partial charge in [0.25, 0.3) is 0 Å². The highest BCUT2D eigenvalue weighted by Crippen LogP contribution is 1.99. The predicted molar refractivity (Wildman–Crippen MR) is 43.6 cm³/mol. The summed E-state index contributed by atoms with van der Waals surface area (Å²) in [6.45, 7) is 1.97. The zero-order valence-electron chi connectivity index (χ0n) is 6.33. The first kappa shape index (κ1) is 7.55. The van der Waals surface area contributed by atoms with Gasteiger partial charge in [-0.3, -0.25) is 0 Å². The number of aromatic nitrogens is 2. The van der Waals surface area contributed by atoms with Crippen molar-refractivity contribution in [1.29, 1.82) is 0 Å². The predicted octanol–water partition coefficient (Wildman–Crippen LogP) is 0.820. The topological polar surface area (TPSA) is 51.8 Å². The second-order valence-corrected chi connectivity index (χ2v) is 1.95. The van der Waals surface area contributed by atoms with Gasteiger partial charge >= 0.3 is 0 Å². The average Bonchev–Trinajstić information content (AvgIpc) is 2.03. The van der Waals surface area contributed by atoms with E-state index in [0.717, 1.165) is 6.42 Å². The zero-order chi connectivity index (χ0) is 8.10. The second-order valence-electron chi connectivity index (χ2n) is 1.95. The van der Waals surface area contributed by atoms with Gasteiger partial charge in [0.05, 0.1) is 0 Å². The Balaban J connectivity index is 2.95. The minimum absolute atomic E-state index is 0.397. The third-order valence-corrected chi connectivity index (χ3v) is 1.11. The quantitative estimate of drug-likeness (QED) is 0.553. The Labute approximate surface area is 65.7 Å². The van der Waals surface area contributed by atoms with E-state index in [1.54, 1.807) is 12.4 Å². The molecule has 0 unspecified atom stereocenters. The molecular weight excluding hydrogens is 138 g/mol. The molecule has 0 radical (unpaired) electrons. The monoisotopic (exact) mass is 147 g/mol. The van der Waals surface area contributed by atoms with E-state index in [1.165, 1.54) is 0 Å². The van der Waals surface area contributed by atoms with Crippen LogP contribution < -0.4 is 5.73 Å². The minimum Gasteiger partial charge on any atom is -0.381 e. The molecule has 0 aromatic carbocycles. The van der Waals surface area contributed by atoms with Crippen LogP contribution in [0.25, 0.3) is 0 Å². The van der Waals surface area contributed by atoms with Crippen LogP contribution in [-0.2, 0) is 0 Å². The fourth-order valence-electron chi connectivity index (χ4n) is 0.617. The smallest absolute Gasteiger partial charge is 0.158 e. The molecular formula is C8H9N3. The molecule has 0 atom stereocenters. The van der Waals surface area contributed by atoms with Crippen molar-refractivity contribution in [3.05, 3.63) is 18.1 Å². The first-order chi connectivity index (χ1) is 5.34. The average molecular weight is 147 g/mol. The summed E-state index contributed by atoms with van der Waals surface area (Å²) in [5.41, 5.74) is 6.05. The van der Waals surface area contributed by atoms with Crippen molar-refractivity contribution in [1.82, 2.24) is 9.97 Å². The number of nitrogens with zero attached hydrogens (tertiary/aromatic N) is 2. The second kappa shape index (κ2) is 3.57. The summed E-state index contributed by atoms with van der Waals surface area (Å²) in [7, 11) is 0. The molecule has 0 amide bonds. The summed E-state index contributed by atoms with van der Waals surface area (Å²) in [4.78, 5) is 7.80. The summed E-state index contributed by atoms with van der Waals surface area (Å²) in [5, 5.41) is 0. The lowest BCUT2D eigenvalue weighted by molar-refractivity contribution is 1.18. The van der Waals surface area contributed by atoms with Gasteiger partial charge in [-0.25, -0.2) is 9.97 Å². The van der Waals surface area contributed by atoms with Gasteiger partial charge in [0, 0.05) is 18.8 Å². The Kier molecular flexibility index (Phi) is 2.45. The summed E-state index contributed by atoms with van der Waals surface area (Å²) in [6.07, 6.45) is 3.93. The van der Waals surface area contributed by atoms with E-state index in [1.807, 2.05) is 6.92 Å². The van der Waals surface area contributed by atoms with Gasteiger partial charge in [-0.05, 0) is 5.92 Å². The molecule has 0 saturated carbocycles. The van der Waals surface area contributed by atoms with Gasteiger partial charge in [0.2, 0.25) is 0 Å². The molecule has 2 N–H and O–H groups in total. The Morgan fingerprint density at radius 3 is 2.82 bits per heavy atom. The van der Waals surface area contributed by atoms with Crippen molar-refractivity contribution in [3.63, 3.8) is 0 Å². The van der Waals surface area contributed by atoms with Gasteiger partial charge in [-0.15, -0.1) is 0 Å². The van der Waals surface area contributed by atoms with Crippen LogP contribution in [0.1, 0.15) is 19.0 Å². The molecule has 3 nitrogen and oxygen atoms in total. The fourth-order valence-corrected chi connectivity index (χ4v) is 0.617. The van der Waals surface area contributed by atoms with Gasteiger partial charge in [0.15, 0.2) is 11.5 Å². The molecule has 1 rings (SSSR count). The third kappa shape index (κ3) is 1.94. The molecule has 11 heavy (non-hydrogen) atoms. The van der Waals surface area contributed by atoms with Gasteiger partial charge < -0.3 is 5.73 Å². The molecule has 0 saturated heterocycles. The Morgan fingerprint density at radius 2 is 2.18 bits per heavy atom. The number of hydrogen-bond acceptors (Lipinski definition) is 3. The third-order valence-electron chi connectivity index (χ3n) is 1.11. The molecule has 0 bridgehead atoms.